The Morgan fingerprint density at radius 3 is 1.43 bits per heavy atom. The molecule has 0 spiro atoms. The highest BCUT2D eigenvalue weighted by molar-refractivity contribution is 5.77. The predicted molar refractivity (Wildman–Crippen MR) is 250 cm³/mol. The number of allylic oxidation sites excluding steroid dienone is 18. The third-order valence-corrected chi connectivity index (χ3v) is 9.82. The van der Waals surface area contributed by atoms with Gasteiger partial charge in [0.2, 0.25) is 5.91 Å². The molecular formula is C52H85NO5. The van der Waals surface area contributed by atoms with Gasteiger partial charge in [-0.3, -0.25) is 9.59 Å². The molecule has 0 bridgehead atoms. The van der Waals surface area contributed by atoms with Gasteiger partial charge in [0.05, 0.1) is 25.2 Å². The van der Waals surface area contributed by atoms with Gasteiger partial charge in [0.15, 0.2) is 0 Å². The number of aliphatic hydroxyl groups excluding tert-OH is 2. The highest BCUT2D eigenvalue weighted by atomic mass is 16.5. The first-order valence-electron chi connectivity index (χ1n) is 23.2. The predicted octanol–water partition coefficient (Wildman–Crippen LogP) is 13.6. The van der Waals surface area contributed by atoms with Crippen LogP contribution in [0.3, 0.4) is 0 Å². The second kappa shape index (κ2) is 44.6. The lowest BCUT2D eigenvalue weighted by Crippen LogP contribution is -2.46. The number of unbranched alkanes of at least 4 members (excludes halogenated alkanes) is 16. The van der Waals surface area contributed by atoms with Crippen LogP contribution in [0.15, 0.2) is 109 Å². The molecule has 0 rings (SSSR count). The Labute approximate surface area is 356 Å². The van der Waals surface area contributed by atoms with Crippen molar-refractivity contribution in [2.75, 3.05) is 6.61 Å². The summed E-state index contributed by atoms with van der Waals surface area (Å²) in [5.41, 5.74) is 0. The van der Waals surface area contributed by atoms with Crippen molar-refractivity contribution in [2.24, 2.45) is 0 Å². The van der Waals surface area contributed by atoms with E-state index < -0.39 is 18.2 Å². The first-order valence-corrected chi connectivity index (χ1v) is 23.2. The third kappa shape index (κ3) is 39.4. The molecule has 0 radical (unpaired) electrons. The van der Waals surface area contributed by atoms with Gasteiger partial charge in [0.25, 0.3) is 0 Å². The van der Waals surface area contributed by atoms with Gasteiger partial charge < -0.3 is 20.3 Å². The van der Waals surface area contributed by atoms with E-state index in [2.05, 4.69) is 50.4 Å². The van der Waals surface area contributed by atoms with Crippen molar-refractivity contribution in [2.45, 2.75) is 200 Å². The lowest BCUT2D eigenvalue weighted by Gasteiger charge is -2.24. The zero-order chi connectivity index (χ0) is 42.4. The van der Waals surface area contributed by atoms with Crippen LogP contribution in [0.25, 0.3) is 0 Å². The Morgan fingerprint density at radius 2 is 0.948 bits per heavy atom. The molecule has 0 aromatic carbocycles. The molecule has 58 heavy (non-hydrogen) atoms. The normalized spacial score (nSPS) is 14.4. The number of carbonyl (C=O) groups excluding carboxylic acids is 2. The average molecular weight is 804 g/mol. The smallest absolute Gasteiger partial charge is 0.306 e. The van der Waals surface area contributed by atoms with Gasteiger partial charge in [-0.2, -0.15) is 0 Å². The fourth-order valence-corrected chi connectivity index (χ4v) is 6.35. The topological polar surface area (TPSA) is 95.9 Å². The molecule has 6 heteroatoms. The van der Waals surface area contributed by atoms with Crippen molar-refractivity contribution >= 4 is 11.9 Å². The van der Waals surface area contributed by atoms with Crippen LogP contribution in [0.4, 0.5) is 0 Å². The molecule has 0 fully saturated rings. The summed E-state index contributed by atoms with van der Waals surface area (Å²) in [5.74, 6) is -0.605. The van der Waals surface area contributed by atoms with Crippen molar-refractivity contribution in [3.8, 4) is 0 Å². The van der Waals surface area contributed by atoms with E-state index >= 15 is 0 Å². The maximum atomic E-state index is 13.1. The quantitative estimate of drug-likeness (QED) is 0.0327. The summed E-state index contributed by atoms with van der Waals surface area (Å²) in [6.45, 7) is 6.14. The minimum Gasteiger partial charge on any atom is -0.462 e. The summed E-state index contributed by atoms with van der Waals surface area (Å²) in [6, 6.07) is -0.737. The van der Waals surface area contributed by atoms with Crippen LogP contribution in [-0.4, -0.2) is 46.9 Å². The number of aliphatic hydroxyl groups is 2. The molecule has 0 aliphatic heterocycles. The lowest BCUT2D eigenvalue weighted by atomic mass is 10.0. The fourth-order valence-electron chi connectivity index (χ4n) is 6.35. The van der Waals surface area contributed by atoms with Crippen LogP contribution in [-0.2, 0) is 14.3 Å². The largest absolute Gasteiger partial charge is 0.462 e. The van der Waals surface area contributed by atoms with E-state index in [9.17, 15) is 19.8 Å². The minimum atomic E-state index is -0.818. The molecule has 0 aliphatic carbocycles. The van der Waals surface area contributed by atoms with Gasteiger partial charge in [0.1, 0.15) is 6.10 Å². The van der Waals surface area contributed by atoms with Crippen LogP contribution in [0.1, 0.15) is 181 Å². The van der Waals surface area contributed by atoms with Gasteiger partial charge >= 0.3 is 5.97 Å². The molecule has 328 valence electrons. The molecule has 0 aromatic heterocycles. The number of amides is 1. The molecule has 3 unspecified atom stereocenters. The van der Waals surface area contributed by atoms with E-state index in [1.165, 1.54) is 64.2 Å². The number of nitrogens with one attached hydrogen (secondary N) is 1. The minimum absolute atomic E-state index is 0.00703. The summed E-state index contributed by atoms with van der Waals surface area (Å²) in [4.78, 5) is 26.0. The number of esters is 1. The molecule has 6 nitrogen and oxygen atoms in total. The molecule has 0 saturated carbocycles. The zero-order valence-corrected chi connectivity index (χ0v) is 37.1. The summed E-state index contributed by atoms with van der Waals surface area (Å²) >= 11 is 0. The number of ether oxygens (including phenoxy) is 1. The first-order chi connectivity index (χ1) is 28.5. The van der Waals surface area contributed by atoms with Crippen LogP contribution < -0.4 is 5.32 Å². The molecule has 1 amide bonds. The monoisotopic (exact) mass is 804 g/mol. The van der Waals surface area contributed by atoms with Crippen molar-refractivity contribution in [1.29, 1.82) is 0 Å². The maximum Gasteiger partial charge on any atom is 0.306 e. The third-order valence-electron chi connectivity index (χ3n) is 9.82. The molecule has 0 saturated heterocycles. The van der Waals surface area contributed by atoms with Crippen molar-refractivity contribution in [1.82, 2.24) is 5.32 Å². The van der Waals surface area contributed by atoms with Crippen molar-refractivity contribution < 1.29 is 24.5 Å². The fraction of sp³-hybridized carbons (Fsp3) is 0.615. The Morgan fingerprint density at radius 1 is 0.517 bits per heavy atom. The Bertz CT molecular complexity index is 1220. The molecule has 3 N–H and O–H groups in total. The van der Waals surface area contributed by atoms with Crippen LogP contribution in [0.5, 0.6) is 0 Å². The maximum absolute atomic E-state index is 13.1. The first kappa shape index (κ1) is 54.5. The molecule has 0 aromatic rings. The summed E-state index contributed by atoms with van der Waals surface area (Å²) in [6.07, 6.45) is 60.1. The molecular weight excluding hydrogens is 719 g/mol. The lowest BCUT2D eigenvalue weighted by molar-refractivity contribution is -0.151. The molecule has 0 heterocycles. The highest BCUT2D eigenvalue weighted by Crippen LogP contribution is 2.16. The van der Waals surface area contributed by atoms with E-state index in [-0.39, 0.29) is 24.9 Å². The summed E-state index contributed by atoms with van der Waals surface area (Å²) in [5, 5.41) is 23.6. The Kier molecular flexibility index (Phi) is 41.9. The second-order valence-corrected chi connectivity index (χ2v) is 15.3. The SMILES string of the molecule is CC/C=C/C=C/C=C\C=C/C=C/CCCCCC(=O)OC(CCC\C=C/C=C\C=C\C=C\CC)CC(=O)NC(CO)C(O)CCCCCCCCCCCCCCC. The number of hydrogen-bond donors (Lipinski definition) is 3. The number of carbonyl (C=O) groups is 2. The summed E-state index contributed by atoms with van der Waals surface area (Å²) in [7, 11) is 0. The van der Waals surface area contributed by atoms with E-state index in [1.807, 2.05) is 85.1 Å². The van der Waals surface area contributed by atoms with Crippen LogP contribution in [0.2, 0.25) is 0 Å². The standard InChI is InChI=1S/C52H85NO5/c1-4-7-10-13-16-19-22-24-25-27-30-33-36-39-42-45-52(57)58-48(43-40-37-34-31-28-21-18-15-12-9-6-3)46-51(56)53-49(47-54)50(55)44-41-38-35-32-29-26-23-20-17-14-11-8-5-2/h7,9-10,12-13,15-16,18-19,21-22,24-25,27-28,30-31,34,48-50,54-55H,4-6,8,11,14,17,20,23,26,29,32-33,35-47H2,1-3H3,(H,53,56)/b10-7+,12-9+,16-13+,18-15+,22-19-,25-24-,28-21-,30-27+,34-31-. The van der Waals surface area contributed by atoms with Crippen molar-refractivity contribution in [3.63, 3.8) is 0 Å². The molecule has 3 atom stereocenters. The van der Waals surface area contributed by atoms with Crippen LogP contribution >= 0.6 is 0 Å². The van der Waals surface area contributed by atoms with Gasteiger partial charge in [-0.25, -0.2) is 0 Å². The Balaban J connectivity index is 4.75. The van der Waals surface area contributed by atoms with Gasteiger partial charge in [-0.05, 0) is 57.8 Å². The second-order valence-electron chi connectivity index (χ2n) is 15.3. The summed E-state index contributed by atoms with van der Waals surface area (Å²) < 4.78 is 5.84. The van der Waals surface area contributed by atoms with Crippen molar-refractivity contribution in [3.05, 3.63) is 109 Å². The number of rotatable bonds is 39. The van der Waals surface area contributed by atoms with E-state index in [0.29, 0.717) is 19.3 Å². The van der Waals surface area contributed by atoms with Gasteiger partial charge in [-0.1, -0.05) is 220 Å². The van der Waals surface area contributed by atoms with Crippen LogP contribution in [0, 0.1) is 0 Å². The number of hydrogen-bond acceptors (Lipinski definition) is 5. The average Bonchev–Trinajstić information content (AvgIpc) is 3.22. The van der Waals surface area contributed by atoms with Gasteiger partial charge in [-0.15, -0.1) is 0 Å². The Hall–Kier alpha value is -3.48. The van der Waals surface area contributed by atoms with E-state index in [1.54, 1.807) is 0 Å². The van der Waals surface area contributed by atoms with E-state index in [0.717, 1.165) is 70.6 Å². The molecule has 0 aliphatic rings. The van der Waals surface area contributed by atoms with Gasteiger partial charge in [0, 0.05) is 6.42 Å². The zero-order valence-electron chi connectivity index (χ0n) is 37.1. The highest BCUT2D eigenvalue weighted by Gasteiger charge is 2.24. The van der Waals surface area contributed by atoms with E-state index in [4.69, 9.17) is 4.74 Å².